The van der Waals surface area contributed by atoms with Crippen molar-refractivity contribution in [1.29, 1.82) is 0 Å². The molecule has 4 rings (SSSR count). The molecule has 2 aliphatic heterocycles. The van der Waals surface area contributed by atoms with E-state index in [1.54, 1.807) is 6.26 Å². The van der Waals surface area contributed by atoms with Crippen LogP contribution in [0.25, 0.3) is 0 Å². The summed E-state index contributed by atoms with van der Waals surface area (Å²) in [6.45, 7) is 2.23. The molecule has 0 aromatic carbocycles. The van der Waals surface area contributed by atoms with E-state index in [9.17, 15) is 9.59 Å². The number of furan rings is 1. The van der Waals surface area contributed by atoms with E-state index in [2.05, 4.69) is 0 Å². The fourth-order valence-corrected chi connectivity index (χ4v) is 4.35. The van der Waals surface area contributed by atoms with Crippen molar-refractivity contribution in [1.82, 2.24) is 9.80 Å². The fourth-order valence-electron chi connectivity index (χ4n) is 4.35. The first-order chi connectivity index (χ1) is 12.2. The molecule has 0 spiro atoms. The minimum absolute atomic E-state index is 0.0491. The molecule has 0 N–H and O–H groups in total. The second kappa shape index (κ2) is 7.22. The molecular weight excluding hydrogens is 316 g/mol. The lowest BCUT2D eigenvalue weighted by atomic mass is 9.95. The third kappa shape index (κ3) is 3.60. The molecule has 136 valence electrons. The van der Waals surface area contributed by atoms with Gasteiger partial charge in [0.1, 0.15) is 5.76 Å². The molecular formula is C20H28N2O3. The van der Waals surface area contributed by atoms with E-state index in [1.165, 1.54) is 0 Å². The summed E-state index contributed by atoms with van der Waals surface area (Å²) in [4.78, 5) is 29.7. The van der Waals surface area contributed by atoms with Crippen molar-refractivity contribution in [2.75, 3.05) is 19.6 Å². The van der Waals surface area contributed by atoms with E-state index in [4.69, 9.17) is 4.42 Å². The highest BCUT2D eigenvalue weighted by molar-refractivity contribution is 5.83. The average molecular weight is 344 g/mol. The van der Waals surface area contributed by atoms with Crippen LogP contribution in [0.4, 0.5) is 0 Å². The van der Waals surface area contributed by atoms with Crippen LogP contribution in [0.3, 0.4) is 0 Å². The number of hydrogen-bond acceptors (Lipinski definition) is 3. The molecule has 3 fully saturated rings. The smallest absolute Gasteiger partial charge is 0.228 e. The van der Waals surface area contributed by atoms with Gasteiger partial charge in [0, 0.05) is 25.6 Å². The number of carbonyl (C=O) groups excluding carboxylic acids is 2. The number of piperidine rings is 1. The zero-order valence-corrected chi connectivity index (χ0v) is 14.9. The summed E-state index contributed by atoms with van der Waals surface area (Å²) in [6, 6.07) is 3.94. The maximum absolute atomic E-state index is 13.3. The maximum atomic E-state index is 13.3. The van der Waals surface area contributed by atoms with Crippen molar-refractivity contribution in [3.8, 4) is 0 Å². The molecule has 2 atom stereocenters. The van der Waals surface area contributed by atoms with E-state index in [-0.39, 0.29) is 29.7 Å². The quantitative estimate of drug-likeness (QED) is 0.845. The number of carbonyl (C=O) groups is 2. The predicted molar refractivity (Wildman–Crippen MR) is 93.7 cm³/mol. The lowest BCUT2D eigenvalue weighted by Crippen LogP contribution is -2.48. The third-order valence-electron chi connectivity index (χ3n) is 5.92. The summed E-state index contributed by atoms with van der Waals surface area (Å²) in [5.74, 6) is 1.58. The van der Waals surface area contributed by atoms with E-state index >= 15 is 0 Å². The number of likely N-dealkylation sites (tertiary alicyclic amines) is 2. The van der Waals surface area contributed by atoms with Crippen LogP contribution in [0.5, 0.6) is 0 Å². The summed E-state index contributed by atoms with van der Waals surface area (Å²) in [5, 5.41) is 0. The zero-order chi connectivity index (χ0) is 17.2. The van der Waals surface area contributed by atoms with Crippen LogP contribution in [0, 0.1) is 11.8 Å². The Balaban J connectivity index is 1.48. The van der Waals surface area contributed by atoms with Gasteiger partial charge in [0.05, 0.1) is 18.2 Å². The number of amides is 2. The van der Waals surface area contributed by atoms with Gasteiger partial charge in [-0.2, -0.15) is 0 Å². The Hall–Kier alpha value is -1.78. The lowest BCUT2D eigenvalue weighted by Gasteiger charge is -2.37. The van der Waals surface area contributed by atoms with Gasteiger partial charge in [0.2, 0.25) is 11.8 Å². The van der Waals surface area contributed by atoms with Gasteiger partial charge < -0.3 is 14.2 Å². The van der Waals surface area contributed by atoms with Crippen LogP contribution in [-0.2, 0) is 9.59 Å². The van der Waals surface area contributed by atoms with Crippen LogP contribution >= 0.6 is 0 Å². The van der Waals surface area contributed by atoms with Crippen molar-refractivity contribution >= 4 is 11.8 Å². The number of nitrogens with zero attached hydrogens (tertiary/aromatic N) is 2. The Labute approximate surface area is 149 Å². The molecule has 5 heteroatoms. The summed E-state index contributed by atoms with van der Waals surface area (Å²) >= 11 is 0. The number of hydrogen-bond donors (Lipinski definition) is 0. The van der Waals surface area contributed by atoms with Gasteiger partial charge in [0.15, 0.2) is 0 Å². The Kier molecular flexibility index (Phi) is 4.82. The van der Waals surface area contributed by atoms with Crippen molar-refractivity contribution in [2.24, 2.45) is 11.8 Å². The van der Waals surface area contributed by atoms with E-state index in [0.717, 1.165) is 70.2 Å². The van der Waals surface area contributed by atoms with Gasteiger partial charge in [-0.05, 0) is 50.7 Å². The summed E-state index contributed by atoms with van der Waals surface area (Å²) in [6.07, 6.45) is 9.91. The molecule has 3 aliphatic rings. The maximum Gasteiger partial charge on any atom is 0.228 e. The molecule has 1 aromatic rings. The molecule has 1 aromatic heterocycles. The molecule has 3 heterocycles. The second-order valence-electron chi connectivity index (χ2n) is 7.81. The SMILES string of the molecule is O=C(C1CC1)N1CCC[C@H](C(=O)N2CCCCC[C@H]2c2ccco2)C1. The molecule has 2 saturated heterocycles. The highest BCUT2D eigenvalue weighted by Gasteiger charge is 2.39. The molecule has 0 unspecified atom stereocenters. The average Bonchev–Trinajstić information content (AvgIpc) is 3.41. The minimum Gasteiger partial charge on any atom is -0.467 e. The largest absolute Gasteiger partial charge is 0.467 e. The van der Waals surface area contributed by atoms with Gasteiger partial charge in [0.25, 0.3) is 0 Å². The Morgan fingerprint density at radius 1 is 0.920 bits per heavy atom. The van der Waals surface area contributed by atoms with Crippen LogP contribution in [0.2, 0.25) is 0 Å². The van der Waals surface area contributed by atoms with E-state index < -0.39 is 0 Å². The van der Waals surface area contributed by atoms with Crippen molar-refractivity contribution in [3.63, 3.8) is 0 Å². The van der Waals surface area contributed by atoms with Crippen molar-refractivity contribution in [2.45, 2.75) is 57.4 Å². The molecule has 1 saturated carbocycles. The normalized spacial score (nSPS) is 27.8. The Morgan fingerprint density at radius 2 is 1.80 bits per heavy atom. The van der Waals surface area contributed by atoms with Crippen LogP contribution in [-0.4, -0.2) is 41.2 Å². The first kappa shape index (κ1) is 16.7. The second-order valence-corrected chi connectivity index (χ2v) is 7.81. The molecule has 1 aliphatic carbocycles. The summed E-state index contributed by atoms with van der Waals surface area (Å²) in [5.41, 5.74) is 0. The molecule has 5 nitrogen and oxygen atoms in total. The minimum atomic E-state index is -0.0491. The lowest BCUT2D eigenvalue weighted by molar-refractivity contribution is -0.143. The van der Waals surface area contributed by atoms with Gasteiger partial charge in [-0.25, -0.2) is 0 Å². The van der Waals surface area contributed by atoms with Gasteiger partial charge >= 0.3 is 0 Å². The van der Waals surface area contributed by atoms with Crippen LogP contribution in [0.15, 0.2) is 22.8 Å². The molecule has 0 bridgehead atoms. The highest BCUT2D eigenvalue weighted by Crippen LogP contribution is 2.35. The predicted octanol–water partition coefficient (Wildman–Crippen LogP) is 3.37. The first-order valence-electron chi connectivity index (χ1n) is 9.86. The van der Waals surface area contributed by atoms with Crippen LogP contribution < -0.4 is 0 Å². The van der Waals surface area contributed by atoms with Crippen molar-refractivity contribution in [3.05, 3.63) is 24.2 Å². The van der Waals surface area contributed by atoms with Gasteiger partial charge in [-0.15, -0.1) is 0 Å². The Morgan fingerprint density at radius 3 is 2.56 bits per heavy atom. The monoisotopic (exact) mass is 344 g/mol. The molecule has 2 amide bonds. The fraction of sp³-hybridized carbons (Fsp3) is 0.700. The summed E-state index contributed by atoms with van der Waals surface area (Å²) < 4.78 is 5.64. The van der Waals surface area contributed by atoms with Crippen LogP contribution in [0.1, 0.15) is 63.2 Å². The third-order valence-corrected chi connectivity index (χ3v) is 5.92. The van der Waals surface area contributed by atoms with E-state index in [0.29, 0.717) is 6.54 Å². The number of rotatable bonds is 3. The van der Waals surface area contributed by atoms with Crippen molar-refractivity contribution < 1.29 is 14.0 Å². The standard InChI is InChI=1S/C20H28N2O3/c23-19(15-9-10-15)21-11-4-6-16(14-21)20(24)22-12-3-1-2-7-17(22)18-8-5-13-25-18/h5,8,13,15-17H,1-4,6-7,9-12,14H2/t16-,17-/m0/s1. The first-order valence-corrected chi connectivity index (χ1v) is 9.86. The van der Waals surface area contributed by atoms with Gasteiger partial charge in [-0.3, -0.25) is 9.59 Å². The van der Waals surface area contributed by atoms with Gasteiger partial charge in [-0.1, -0.05) is 12.8 Å². The topological polar surface area (TPSA) is 53.8 Å². The highest BCUT2D eigenvalue weighted by atomic mass is 16.3. The zero-order valence-electron chi connectivity index (χ0n) is 14.9. The summed E-state index contributed by atoms with van der Waals surface area (Å²) in [7, 11) is 0. The molecule has 0 radical (unpaired) electrons. The van der Waals surface area contributed by atoms with E-state index in [1.807, 2.05) is 21.9 Å². The Bertz CT molecular complexity index is 608. The molecule has 25 heavy (non-hydrogen) atoms.